The van der Waals surface area contributed by atoms with Gasteiger partial charge in [0, 0.05) is 13.1 Å². The Kier molecular flexibility index (Phi) is 3.48. The van der Waals surface area contributed by atoms with Crippen LogP contribution in [-0.2, 0) is 0 Å². The summed E-state index contributed by atoms with van der Waals surface area (Å²) in [7, 11) is 0. The number of carboxylic acid groups (broad SMARTS) is 1. The summed E-state index contributed by atoms with van der Waals surface area (Å²) >= 11 is 0. The van der Waals surface area contributed by atoms with E-state index in [-0.39, 0.29) is 17.6 Å². The third-order valence-corrected chi connectivity index (χ3v) is 4.35. The first-order chi connectivity index (χ1) is 12.0. The van der Waals surface area contributed by atoms with Crippen LogP contribution in [0.3, 0.4) is 0 Å². The molecule has 0 aliphatic carbocycles. The molecule has 25 heavy (non-hydrogen) atoms. The van der Waals surface area contributed by atoms with Crippen molar-refractivity contribution in [3.63, 3.8) is 0 Å². The molecular weight excluding hydrogens is 329 g/mol. The second kappa shape index (κ2) is 5.69. The molecule has 2 N–H and O–H groups in total. The molecule has 2 aromatic heterocycles. The van der Waals surface area contributed by atoms with Gasteiger partial charge >= 0.3 is 12.0 Å². The molecule has 9 heteroatoms. The molecule has 4 heterocycles. The van der Waals surface area contributed by atoms with Crippen molar-refractivity contribution < 1.29 is 19.1 Å². The van der Waals surface area contributed by atoms with Gasteiger partial charge in [-0.15, -0.1) is 0 Å². The topological polar surface area (TPSA) is 98.7 Å². The van der Waals surface area contributed by atoms with Gasteiger partial charge in [-0.2, -0.15) is 0 Å². The Morgan fingerprint density at radius 2 is 2.12 bits per heavy atom. The number of urea groups is 1. The highest BCUT2D eigenvalue weighted by Gasteiger charge is 2.40. The number of amides is 2. The lowest BCUT2D eigenvalue weighted by Gasteiger charge is -2.35. The number of rotatable bonds is 2. The molecule has 1 saturated heterocycles. The smallest absolute Gasteiger partial charge is 0.354 e. The average molecular weight is 343 g/mol. The highest BCUT2D eigenvalue weighted by atomic mass is 19.1. The number of carboxylic acids is 1. The molecule has 0 aromatic carbocycles. The normalized spacial score (nSPS) is 18.0. The van der Waals surface area contributed by atoms with Crippen LogP contribution >= 0.6 is 0 Å². The zero-order valence-corrected chi connectivity index (χ0v) is 13.0. The van der Waals surface area contributed by atoms with Gasteiger partial charge in [0.1, 0.15) is 11.6 Å². The summed E-state index contributed by atoms with van der Waals surface area (Å²) in [6.07, 6.45) is 1.76. The molecule has 8 nitrogen and oxygen atoms in total. The van der Waals surface area contributed by atoms with Gasteiger partial charge in [0.05, 0.1) is 17.9 Å². The van der Waals surface area contributed by atoms with E-state index >= 15 is 0 Å². The molecule has 2 bridgehead atoms. The van der Waals surface area contributed by atoms with Crippen LogP contribution in [0.4, 0.5) is 26.5 Å². The molecule has 1 unspecified atom stereocenters. The number of pyridine rings is 2. The maximum atomic E-state index is 13.0. The van der Waals surface area contributed by atoms with Crippen molar-refractivity contribution in [3.8, 4) is 0 Å². The highest BCUT2D eigenvalue weighted by Crippen LogP contribution is 2.39. The second-order valence-electron chi connectivity index (χ2n) is 5.89. The van der Waals surface area contributed by atoms with Gasteiger partial charge in [-0.05, 0) is 30.7 Å². The third kappa shape index (κ3) is 2.63. The summed E-state index contributed by atoms with van der Waals surface area (Å²) in [5.74, 6) is -1.13. The van der Waals surface area contributed by atoms with Gasteiger partial charge in [-0.25, -0.2) is 23.9 Å². The fraction of sp³-hybridized carbons (Fsp3) is 0.250. The van der Waals surface area contributed by atoms with E-state index < -0.39 is 17.8 Å². The number of fused-ring (bicyclic) bond motifs is 4. The fourth-order valence-corrected chi connectivity index (χ4v) is 3.21. The average Bonchev–Trinajstić information content (AvgIpc) is 3.01. The number of halogens is 1. The van der Waals surface area contributed by atoms with Crippen LogP contribution < -0.4 is 15.1 Å². The zero-order valence-electron chi connectivity index (χ0n) is 13.0. The van der Waals surface area contributed by atoms with Crippen LogP contribution in [0.2, 0.25) is 0 Å². The van der Waals surface area contributed by atoms with Crippen LogP contribution in [-0.4, -0.2) is 46.2 Å². The molecule has 1 atom stereocenters. The zero-order chi connectivity index (χ0) is 17.6. The van der Waals surface area contributed by atoms with E-state index in [1.807, 2.05) is 0 Å². The van der Waals surface area contributed by atoms with Crippen molar-refractivity contribution in [2.45, 2.75) is 12.5 Å². The predicted octanol–water partition coefficient (Wildman–Crippen LogP) is 1.94. The summed E-state index contributed by atoms with van der Waals surface area (Å²) < 4.78 is 13.0. The third-order valence-electron chi connectivity index (χ3n) is 4.35. The minimum Gasteiger partial charge on any atom is -0.477 e. The lowest BCUT2D eigenvalue weighted by atomic mass is 10.2. The molecule has 1 fully saturated rings. The number of anilines is 3. The van der Waals surface area contributed by atoms with Crippen LogP contribution in [0.1, 0.15) is 16.9 Å². The Morgan fingerprint density at radius 1 is 1.28 bits per heavy atom. The van der Waals surface area contributed by atoms with Crippen molar-refractivity contribution in [2.75, 3.05) is 28.2 Å². The number of carbonyl (C=O) groups is 2. The summed E-state index contributed by atoms with van der Waals surface area (Å²) in [6, 6.07) is 5.08. The standard InChI is InChI=1S/C16H14FN5O3/c17-9-1-4-13(18-7-9)20-16(25)22-10-5-6-21(8-10)12-3-2-11(15(23)24)19-14(12)22/h1-4,7,10H,5-6,8H2,(H,23,24)(H,18,20,25). The van der Waals surface area contributed by atoms with Crippen LogP contribution in [0.15, 0.2) is 30.5 Å². The molecule has 2 aliphatic heterocycles. The molecule has 128 valence electrons. The first kappa shape index (κ1) is 15.3. The van der Waals surface area contributed by atoms with E-state index in [2.05, 4.69) is 20.2 Å². The lowest BCUT2D eigenvalue weighted by molar-refractivity contribution is 0.0690. The Morgan fingerprint density at radius 3 is 2.84 bits per heavy atom. The van der Waals surface area contributed by atoms with Gasteiger partial charge in [-0.3, -0.25) is 10.2 Å². The van der Waals surface area contributed by atoms with Crippen molar-refractivity contribution in [1.82, 2.24) is 9.97 Å². The molecule has 2 amide bonds. The Hall–Kier alpha value is -3.23. The molecule has 0 spiro atoms. The molecule has 4 rings (SSSR count). The molecule has 0 saturated carbocycles. The lowest BCUT2D eigenvalue weighted by Crippen LogP contribution is -2.48. The van der Waals surface area contributed by atoms with Gasteiger partial charge in [0.2, 0.25) is 0 Å². The van der Waals surface area contributed by atoms with Crippen molar-refractivity contribution in [2.24, 2.45) is 0 Å². The SMILES string of the molecule is O=C(O)c1ccc2c(n1)N(C(=O)Nc1ccc(F)cn1)C1CCN2C1. The summed E-state index contributed by atoms with van der Waals surface area (Å²) in [5.41, 5.74) is 0.597. The number of hydrogen-bond donors (Lipinski definition) is 2. The first-order valence-electron chi connectivity index (χ1n) is 7.74. The van der Waals surface area contributed by atoms with Gasteiger partial charge < -0.3 is 10.0 Å². The van der Waals surface area contributed by atoms with E-state index in [1.54, 1.807) is 6.07 Å². The Bertz CT molecular complexity index is 857. The van der Waals surface area contributed by atoms with E-state index in [0.29, 0.717) is 12.4 Å². The van der Waals surface area contributed by atoms with E-state index in [4.69, 9.17) is 0 Å². The Labute approximate surface area is 141 Å². The van der Waals surface area contributed by atoms with Gasteiger partial charge in [0.15, 0.2) is 11.5 Å². The van der Waals surface area contributed by atoms with Gasteiger partial charge in [0.25, 0.3) is 0 Å². The maximum Gasteiger partial charge on any atom is 0.354 e. The largest absolute Gasteiger partial charge is 0.477 e. The van der Waals surface area contributed by atoms with Crippen LogP contribution in [0.5, 0.6) is 0 Å². The van der Waals surface area contributed by atoms with Crippen molar-refractivity contribution in [1.29, 1.82) is 0 Å². The van der Waals surface area contributed by atoms with Crippen molar-refractivity contribution >= 4 is 29.3 Å². The van der Waals surface area contributed by atoms with Crippen molar-refractivity contribution in [3.05, 3.63) is 42.0 Å². The number of aromatic nitrogens is 2. The minimum atomic E-state index is -1.16. The van der Waals surface area contributed by atoms with Gasteiger partial charge in [-0.1, -0.05) is 0 Å². The minimum absolute atomic E-state index is 0.107. The Balaban J connectivity index is 1.69. The quantitative estimate of drug-likeness (QED) is 0.865. The summed E-state index contributed by atoms with van der Waals surface area (Å²) in [6.45, 7) is 1.43. The molecule has 0 radical (unpaired) electrons. The van der Waals surface area contributed by atoms with E-state index in [0.717, 1.165) is 24.8 Å². The monoisotopic (exact) mass is 343 g/mol. The van der Waals surface area contributed by atoms with Crippen LogP contribution in [0.25, 0.3) is 0 Å². The summed E-state index contributed by atoms with van der Waals surface area (Å²) in [4.78, 5) is 35.5. The fourth-order valence-electron chi connectivity index (χ4n) is 3.21. The highest BCUT2D eigenvalue weighted by molar-refractivity contribution is 6.04. The first-order valence-corrected chi connectivity index (χ1v) is 7.74. The molecular formula is C16H14FN5O3. The number of nitrogens with zero attached hydrogens (tertiary/aromatic N) is 4. The van der Waals surface area contributed by atoms with E-state index in [9.17, 15) is 19.1 Å². The number of aromatic carboxylic acids is 1. The predicted molar refractivity (Wildman–Crippen MR) is 87.5 cm³/mol. The number of hydrogen-bond acceptors (Lipinski definition) is 5. The second-order valence-corrected chi connectivity index (χ2v) is 5.89. The molecule has 2 aliphatic rings. The van der Waals surface area contributed by atoms with E-state index in [1.165, 1.54) is 23.1 Å². The maximum absolute atomic E-state index is 13.0. The van der Waals surface area contributed by atoms with Crippen LogP contribution in [0, 0.1) is 5.82 Å². The number of nitrogens with one attached hydrogen (secondary N) is 1. The summed E-state index contributed by atoms with van der Waals surface area (Å²) in [5, 5.41) is 11.8. The number of carbonyl (C=O) groups excluding carboxylic acids is 1. The molecule has 2 aromatic rings.